The fourth-order valence-corrected chi connectivity index (χ4v) is 2.36. The van der Waals surface area contributed by atoms with E-state index in [-0.39, 0.29) is 11.9 Å². The Morgan fingerprint density at radius 3 is 2.67 bits per heavy atom. The van der Waals surface area contributed by atoms with Crippen LogP contribution in [0.25, 0.3) is 0 Å². The van der Waals surface area contributed by atoms with Gasteiger partial charge in [0.1, 0.15) is 5.82 Å². The minimum atomic E-state index is -0.209. The average Bonchev–Trinajstić information content (AvgIpc) is 2.78. The summed E-state index contributed by atoms with van der Waals surface area (Å²) in [6.45, 7) is 2.90. The second-order valence-electron chi connectivity index (χ2n) is 4.06. The van der Waals surface area contributed by atoms with Crippen molar-refractivity contribution in [2.24, 2.45) is 0 Å². The summed E-state index contributed by atoms with van der Waals surface area (Å²) in [6, 6.07) is 8.46. The maximum absolute atomic E-state index is 13.9. The van der Waals surface area contributed by atoms with Crippen LogP contribution in [0.1, 0.15) is 30.5 Å². The fourth-order valence-electron chi connectivity index (χ4n) is 1.90. The van der Waals surface area contributed by atoms with Gasteiger partial charge in [-0.15, -0.1) is 0 Å². The quantitative estimate of drug-likeness (QED) is 0.892. The Balaban J connectivity index is 2.37. The summed E-state index contributed by atoms with van der Waals surface area (Å²) in [7, 11) is 0. The van der Waals surface area contributed by atoms with Crippen molar-refractivity contribution in [2.45, 2.75) is 19.4 Å². The largest absolute Gasteiger partial charge is 0.457 e. The van der Waals surface area contributed by atoms with Crippen molar-refractivity contribution in [3.05, 3.63) is 58.2 Å². The number of nitrogens with one attached hydrogen (secondary N) is 1. The van der Waals surface area contributed by atoms with Crippen molar-refractivity contribution in [1.82, 2.24) is 5.32 Å². The Hall–Kier alpha value is -1.13. The summed E-state index contributed by atoms with van der Waals surface area (Å²) in [5.41, 5.74) is 1.54. The summed E-state index contributed by atoms with van der Waals surface area (Å²) >= 11 is 3.35. The summed E-state index contributed by atoms with van der Waals surface area (Å²) in [6.07, 6.45) is 2.58. The molecule has 0 saturated heterocycles. The minimum Gasteiger partial charge on any atom is -0.457 e. The van der Waals surface area contributed by atoms with Crippen LogP contribution < -0.4 is 5.32 Å². The van der Waals surface area contributed by atoms with E-state index in [1.807, 2.05) is 12.1 Å². The third-order valence-electron chi connectivity index (χ3n) is 2.77. The zero-order chi connectivity index (χ0) is 13.0. The highest BCUT2D eigenvalue weighted by molar-refractivity contribution is 9.10. The maximum atomic E-state index is 13.9. The third-order valence-corrected chi connectivity index (χ3v) is 3.42. The van der Waals surface area contributed by atoms with Crippen LogP contribution in [-0.4, -0.2) is 6.54 Å². The fraction of sp³-hybridized carbons (Fsp3) is 0.286. The smallest absolute Gasteiger partial charge is 0.174 e. The van der Waals surface area contributed by atoms with Gasteiger partial charge in [0, 0.05) is 11.1 Å². The summed E-state index contributed by atoms with van der Waals surface area (Å²) in [4.78, 5) is 0. The second kappa shape index (κ2) is 6.16. The molecule has 18 heavy (non-hydrogen) atoms. The Labute approximate surface area is 114 Å². The molecule has 0 amide bonds. The van der Waals surface area contributed by atoms with Crippen molar-refractivity contribution in [2.75, 3.05) is 6.54 Å². The number of furan rings is 1. The lowest BCUT2D eigenvalue weighted by Crippen LogP contribution is -2.24. The number of hydrogen-bond donors (Lipinski definition) is 1. The molecule has 0 bridgehead atoms. The molecule has 1 N–H and O–H groups in total. The molecule has 2 rings (SSSR count). The van der Waals surface area contributed by atoms with E-state index in [1.54, 1.807) is 18.4 Å². The van der Waals surface area contributed by atoms with Gasteiger partial charge in [-0.1, -0.05) is 25.1 Å². The molecule has 4 heteroatoms. The van der Waals surface area contributed by atoms with E-state index in [1.165, 1.54) is 6.07 Å². The monoisotopic (exact) mass is 311 g/mol. The van der Waals surface area contributed by atoms with E-state index >= 15 is 0 Å². The maximum Gasteiger partial charge on any atom is 0.174 e. The Morgan fingerprint density at radius 2 is 2.06 bits per heavy atom. The van der Waals surface area contributed by atoms with Crippen LogP contribution in [0.2, 0.25) is 0 Å². The van der Waals surface area contributed by atoms with Gasteiger partial charge < -0.3 is 9.73 Å². The van der Waals surface area contributed by atoms with Gasteiger partial charge in [0.25, 0.3) is 0 Å². The molecule has 1 aromatic carbocycles. The highest BCUT2D eigenvalue weighted by Crippen LogP contribution is 2.30. The Kier molecular flexibility index (Phi) is 4.55. The van der Waals surface area contributed by atoms with Crippen LogP contribution in [0.15, 0.2) is 45.7 Å². The van der Waals surface area contributed by atoms with Gasteiger partial charge in [0.15, 0.2) is 4.67 Å². The molecule has 1 aromatic heterocycles. The van der Waals surface area contributed by atoms with E-state index in [9.17, 15) is 4.39 Å². The zero-order valence-corrected chi connectivity index (χ0v) is 11.7. The molecule has 1 atom stereocenters. The molecule has 2 nitrogen and oxygen atoms in total. The van der Waals surface area contributed by atoms with E-state index in [4.69, 9.17) is 4.42 Å². The molecular weight excluding hydrogens is 297 g/mol. The van der Waals surface area contributed by atoms with E-state index in [0.29, 0.717) is 10.2 Å². The molecule has 2 aromatic rings. The van der Waals surface area contributed by atoms with Gasteiger partial charge in [-0.25, -0.2) is 4.39 Å². The van der Waals surface area contributed by atoms with Crippen molar-refractivity contribution in [3.8, 4) is 0 Å². The van der Waals surface area contributed by atoms with Crippen LogP contribution in [0.3, 0.4) is 0 Å². The lowest BCUT2D eigenvalue weighted by Gasteiger charge is -2.18. The summed E-state index contributed by atoms with van der Waals surface area (Å²) < 4.78 is 19.8. The standard InChI is InChI=1S/C14H15BrFNO/c1-2-8-17-13(11-7-9-18-14(11)15)10-5-3-4-6-12(10)16/h3-7,9,13,17H,2,8H2,1H3. The molecule has 0 aliphatic carbocycles. The SMILES string of the molecule is CCCNC(c1ccccc1F)c1ccoc1Br. The number of rotatable bonds is 5. The van der Waals surface area contributed by atoms with E-state index in [2.05, 4.69) is 28.2 Å². The molecule has 96 valence electrons. The molecule has 0 aliphatic heterocycles. The second-order valence-corrected chi connectivity index (χ2v) is 4.78. The van der Waals surface area contributed by atoms with Crippen LogP contribution >= 0.6 is 15.9 Å². The van der Waals surface area contributed by atoms with Crippen LogP contribution in [0, 0.1) is 5.82 Å². The predicted octanol–water partition coefficient (Wildman–Crippen LogP) is 4.27. The highest BCUT2D eigenvalue weighted by atomic mass is 79.9. The topological polar surface area (TPSA) is 25.2 Å². The lowest BCUT2D eigenvalue weighted by molar-refractivity contribution is 0.513. The Bertz CT molecular complexity index is 512. The first kappa shape index (κ1) is 13.3. The van der Waals surface area contributed by atoms with Gasteiger partial charge in [0.05, 0.1) is 12.3 Å². The predicted molar refractivity (Wildman–Crippen MR) is 72.9 cm³/mol. The van der Waals surface area contributed by atoms with Crippen molar-refractivity contribution in [1.29, 1.82) is 0 Å². The first-order valence-electron chi connectivity index (χ1n) is 5.94. The zero-order valence-electron chi connectivity index (χ0n) is 10.1. The van der Waals surface area contributed by atoms with Crippen LogP contribution in [0.4, 0.5) is 4.39 Å². The van der Waals surface area contributed by atoms with Crippen molar-refractivity contribution < 1.29 is 8.81 Å². The number of benzene rings is 1. The van der Waals surface area contributed by atoms with Crippen molar-refractivity contribution in [3.63, 3.8) is 0 Å². The van der Waals surface area contributed by atoms with Gasteiger partial charge >= 0.3 is 0 Å². The van der Waals surface area contributed by atoms with Crippen LogP contribution in [0.5, 0.6) is 0 Å². The van der Waals surface area contributed by atoms with Gasteiger partial charge in [-0.3, -0.25) is 0 Å². The first-order chi connectivity index (χ1) is 8.74. The normalized spacial score (nSPS) is 12.6. The van der Waals surface area contributed by atoms with E-state index in [0.717, 1.165) is 18.5 Å². The molecule has 0 radical (unpaired) electrons. The van der Waals surface area contributed by atoms with E-state index < -0.39 is 0 Å². The minimum absolute atomic E-state index is 0.195. The lowest BCUT2D eigenvalue weighted by atomic mass is 10.0. The Morgan fingerprint density at radius 1 is 1.28 bits per heavy atom. The van der Waals surface area contributed by atoms with Crippen LogP contribution in [-0.2, 0) is 0 Å². The summed E-state index contributed by atoms with van der Waals surface area (Å²) in [5, 5.41) is 3.34. The third kappa shape index (κ3) is 2.82. The van der Waals surface area contributed by atoms with Gasteiger partial charge in [0.2, 0.25) is 0 Å². The molecule has 0 fully saturated rings. The first-order valence-corrected chi connectivity index (χ1v) is 6.74. The van der Waals surface area contributed by atoms with Crippen molar-refractivity contribution >= 4 is 15.9 Å². The molecular formula is C14H15BrFNO. The van der Waals surface area contributed by atoms with Gasteiger partial charge in [-0.2, -0.15) is 0 Å². The average molecular weight is 312 g/mol. The molecule has 0 spiro atoms. The number of hydrogen-bond acceptors (Lipinski definition) is 2. The van der Waals surface area contributed by atoms with Gasteiger partial charge in [-0.05, 0) is 41.0 Å². The molecule has 1 heterocycles. The molecule has 0 saturated carbocycles. The molecule has 0 aliphatic rings. The summed E-state index contributed by atoms with van der Waals surface area (Å²) in [5.74, 6) is -0.209. The number of halogens is 2. The highest BCUT2D eigenvalue weighted by Gasteiger charge is 2.20. The molecule has 1 unspecified atom stereocenters.